The van der Waals surface area contributed by atoms with E-state index in [-0.39, 0.29) is 6.03 Å². The van der Waals surface area contributed by atoms with Crippen LogP contribution in [0, 0.1) is 13.8 Å². The van der Waals surface area contributed by atoms with Crippen molar-refractivity contribution in [2.24, 2.45) is 0 Å². The minimum Gasteiger partial charge on any atom is -0.338 e. The molecule has 0 radical (unpaired) electrons. The maximum absolute atomic E-state index is 12.1. The molecule has 0 saturated carbocycles. The van der Waals surface area contributed by atoms with Crippen LogP contribution in [0.3, 0.4) is 0 Å². The predicted molar refractivity (Wildman–Crippen MR) is 102 cm³/mol. The fourth-order valence-corrected chi connectivity index (χ4v) is 2.70. The molecular formula is C18H24N8O. The number of carbonyl (C=O) groups excluding carboxylic acids is 1. The van der Waals surface area contributed by atoms with Gasteiger partial charge in [-0.25, -0.2) is 14.8 Å². The van der Waals surface area contributed by atoms with Crippen molar-refractivity contribution in [1.29, 1.82) is 0 Å². The molecule has 0 saturated heterocycles. The third-order valence-electron chi connectivity index (χ3n) is 4.04. The molecule has 2 heterocycles. The lowest BCUT2D eigenvalue weighted by atomic mass is 10.2. The molecule has 1 aromatic carbocycles. The first kappa shape index (κ1) is 18.6. The van der Waals surface area contributed by atoms with Gasteiger partial charge in [0.25, 0.3) is 0 Å². The second kappa shape index (κ2) is 8.43. The number of hydrogen-bond donors (Lipinski definition) is 3. The SMILES string of the molecule is CCc1nc(-c2cccc(NC(=O)NCCCn3nc(C)nc3C)c2)n[nH]1. The highest BCUT2D eigenvalue weighted by molar-refractivity contribution is 5.89. The van der Waals surface area contributed by atoms with Crippen molar-refractivity contribution in [2.75, 3.05) is 11.9 Å². The van der Waals surface area contributed by atoms with Crippen molar-refractivity contribution in [3.05, 3.63) is 41.7 Å². The number of H-pyrrole nitrogens is 1. The second-order valence-corrected chi connectivity index (χ2v) is 6.20. The summed E-state index contributed by atoms with van der Waals surface area (Å²) in [6.45, 7) is 7.06. The van der Waals surface area contributed by atoms with Crippen LogP contribution in [0.15, 0.2) is 24.3 Å². The van der Waals surface area contributed by atoms with E-state index >= 15 is 0 Å². The van der Waals surface area contributed by atoms with Crippen LogP contribution in [0.25, 0.3) is 11.4 Å². The van der Waals surface area contributed by atoms with E-state index in [0.717, 1.165) is 35.9 Å². The molecule has 3 aromatic rings. The summed E-state index contributed by atoms with van der Waals surface area (Å²) < 4.78 is 1.85. The van der Waals surface area contributed by atoms with Crippen LogP contribution in [0.5, 0.6) is 0 Å². The van der Waals surface area contributed by atoms with Crippen molar-refractivity contribution in [2.45, 2.75) is 40.2 Å². The lowest BCUT2D eigenvalue weighted by molar-refractivity contribution is 0.251. The van der Waals surface area contributed by atoms with Gasteiger partial charge in [-0.05, 0) is 32.4 Å². The van der Waals surface area contributed by atoms with Gasteiger partial charge < -0.3 is 10.6 Å². The number of nitrogens with zero attached hydrogens (tertiary/aromatic N) is 5. The molecule has 0 atom stereocenters. The third-order valence-corrected chi connectivity index (χ3v) is 4.04. The first-order valence-corrected chi connectivity index (χ1v) is 8.99. The highest BCUT2D eigenvalue weighted by atomic mass is 16.2. The van der Waals surface area contributed by atoms with Gasteiger partial charge in [0.15, 0.2) is 5.82 Å². The van der Waals surface area contributed by atoms with Crippen molar-refractivity contribution >= 4 is 11.7 Å². The number of urea groups is 1. The van der Waals surface area contributed by atoms with Crippen LogP contribution >= 0.6 is 0 Å². The summed E-state index contributed by atoms with van der Waals surface area (Å²) in [5.74, 6) is 3.09. The zero-order chi connectivity index (χ0) is 19.2. The minimum absolute atomic E-state index is 0.247. The summed E-state index contributed by atoms with van der Waals surface area (Å²) in [6.07, 6.45) is 1.56. The highest BCUT2D eigenvalue weighted by Crippen LogP contribution is 2.19. The van der Waals surface area contributed by atoms with Crippen LogP contribution in [0.1, 0.15) is 30.8 Å². The van der Waals surface area contributed by atoms with Crippen molar-refractivity contribution in [3.63, 3.8) is 0 Å². The molecule has 27 heavy (non-hydrogen) atoms. The largest absolute Gasteiger partial charge is 0.338 e. The summed E-state index contributed by atoms with van der Waals surface area (Å²) in [6, 6.07) is 7.21. The first-order chi connectivity index (χ1) is 13.0. The monoisotopic (exact) mass is 368 g/mol. The zero-order valence-electron chi connectivity index (χ0n) is 15.8. The summed E-state index contributed by atoms with van der Waals surface area (Å²) in [4.78, 5) is 20.8. The van der Waals surface area contributed by atoms with Crippen molar-refractivity contribution in [3.8, 4) is 11.4 Å². The van der Waals surface area contributed by atoms with Crippen molar-refractivity contribution in [1.82, 2.24) is 35.3 Å². The minimum atomic E-state index is -0.247. The number of anilines is 1. The summed E-state index contributed by atoms with van der Waals surface area (Å²) >= 11 is 0. The molecule has 3 N–H and O–H groups in total. The Morgan fingerprint density at radius 2 is 2.11 bits per heavy atom. The Morgan fingerprint density at radius 1 is 1.26 bits per heavy atom. The van der Waals surface area contributed by atoms with E-state index in [1.54, 1.807) is 0 Å². The van der Waals surface area contributed by atoms with Crippen molar-refractivity contribution < 1.29 is 4.79 Å². The molecule has 0 unspecified atom stereocenters. The Labute approximate surface area is 157 Å². The molecule has 2 aromatic heterocycles. The number of amides is 2. The number of aromatic nitrogens is 6. The van der Waals surface area contributed by atoms with E-state index in [2.05, 4.69) is 35.9 Å². The van der Waals surface area contributed by atoms with Crippen LogP contribution in [-0.2, 0) is 13.0 Å². The van der Waals surface area contributed by atoms with Gasteiger partial charge >= 0.3 is 6.03 Å². The number of nitrogens with one attached hydrogen (secondary N) is 3. The predicted octanol–water partition coefficient (Wildman–Crippen LogP) is 2.45. The molecule has 0 spiro atoms. The Bertz CT molecular complexity index is 914. The average Bonchev–Trinajstić information content (AvgIpc) is 3.25. The van der Waals surface area contributed by atoms with E-state index in [0.29, 0.717) is 24.6 Å². The van der Waals surface area contributed by atoms with Gasteiger partial charge in [0.2, 0.25) is 0 Å². The zero-order valence-corrected chi connectivity index (χ0v) is 15.8. The van der Waals surface area contributed by atoms with E-state index in [4.69, 9.17) is 0 Å². The summed E-state index contributed by atoms with van der Waals surface area (Å²) in [7, 11) is 0. The van der Waals surface area contributed by atoms with Gasteiger partial charge in [-0.15, -0.1) is 0 Å². The van der Waals surface area contributed by atoms with Gasteiger partial charge in [0.1, 0.15) is 17.5 Å². The topological polar surface area (TPSA) is 113 Å². The van der Waals surface area contributed by atoms with E-state index in [1.165, 1.54) is 0 Å². The normalized spacial score (nSPS) is 10.8. The summed E-state index contributed by atoms with van der Waals surface area (Å²) in [5, 5.41) is 17.1. The summed E-state index contributed by atoms with van der Waals surface area (Å²) in [5.41, 5.74) is 1.54. The van der Waals surface area contributed by atoms with Gasteiger partial charge in [-0.2, -0.15) is 10.2 Å². The molecule has 0 bridgehead atoms. The number of aromatic amines is 1. The van der Waals surface area contributed by atoms with Crippen LogP contribution < -0.4 is 10.6 Å². The molecule has 2 amide bonds. The Hall–Kier alpha value is -3.23. The Morgan fingerprint density at radius 3 is 2.81 bits per heavy atom. The molecule has 9 heteroatoms. The third kappa shape index (κ3) is 4.90. The average molecular weight is 368 g/mol. The fourth-order valence-electron chi connectivity index (χ4n) is 2.70. The molecule has 0 aliphatic rings. The first-order valence-electron chi connectivity index (χ1n) is 8.99. The number of benzene rings is 1. The second-order valence-electron chi connectivity index (χ2n) is 6.20. The molecule has 0 aliphatic heterocycles. The molecular weight excluding hydrogens is 344 g/mol. The molecule has 9 nitrogen and oxygen atoms in total. The van der Waals surface area contributed by atoms with Gasteiger partial charge in [-0.3, -0.25) is 9.78 Å². The Kier molecular flexibility index (Phi) is 5.80. The van der Waals surface area contributed by atoms with Gasteiger partial charge in [0.05, 0.1) is 0 Å². The van der Waals surface area contributed by atoms with Crippen LogP contribution in [0.4, 0.5) is 10.5 Å². The van der Waals surface area contributed by atoms with Crippen LogP contribution in [0.2, 0.25) is 0 Å². The van der Waals surface area contributed by atoms with Crippen LogP contribution in [-0.4, -0.2) is 42.5 Å². The maximum Gasteiger partial charge on any atom is 0.319 e. The number of hydrogen-bond acceptors (Lipinski definition) is 5. The standard InChI is InChI=1S/C18H24N8O/c1-4-16-22-17(24-23-16)14-7-5-8-15(11-14)21-18(27)19-9-6-10-26-13(3)20-12(2)25-26/h5,7-8,11H,4,6,9-10H2,1-3H3,(H2,19,21,27)(H,22,23,24). The fraction of sp³-hybridized carbons (Fsp3) is 0.389. The number of rotatable bonds is 7. The Balaban J connectivity index is 1.49. The molecule has 0 aliphatic carbocycles. The molecule has 142 valence electrons. The quantitative estimate of drug-likeness (QED) is 0.554. The van der Waals surface area contributed by atoms with Gasteiger partial charge in [-0.1, -0.05) is 19.1 Å². The number of carbonyl (C=O) groups is 1. The smallest absolute Gasteiger partial charge is 0.319 e. The van der Waals surface area contributed by atoms with E-state index in [1.807, 2.05) is 49.7 Å². The van der Waals surface area contributed by atoms with E-state index < -0.39 is 0 Å². The highest BCUT2D eigenvalue weighted by Gasteiger charge is 2.08. The number of aryl methyl sites for hydroxylation is 4. The van der Waals surface area contributed by atoms with E-state index in [9.17, 15) is 4.79 Å². The maximum atomic E-state index is 12.1. The van der Waals surface area contributed by atoms with Gasteiger partial charge in [0, 0.05) is 30.8 Å². The molecule has 3 rings (SSSR count). The molecule has 0 fully saturated rings. The lowest BCUT2D eigenvalue weighted by Crippen LogP contribution is -2.30. The lowest BCUT2D eigenvalue weighted by Gasteiger charge is -2.09.